The first kappa shape index (κ1) is 8.05. The van der Waals surface area contributed by atoms with Crippen LogP contribution in [0.2, 0.25) is 0 Å². The lowest BCUT2D eigenvalue weighted by atomic mass is 10.0. The van der Waals surface area contributed by atoms with E-state index in [-0.39, 0.29) is 0 Å². The van der Waals surface area contributed by atoms with Crippen molar-refractivity contribution in [2.24, 2.45) is 4.99 Å². The molecule has 0 spiro atoms. The van der Waals surface area contributed by atoms with Crippen LogP contribution in [0.15, 0.2) is 47.5 Å². The second-order valence-electron chi connectivity index (χ2n) is 4.03. The second kappa shape index (κ2) is 2.70. The van der Waals surface area contributed by atoms with Crippen LogP contribution in [0.25, 0.3) is 11.6 Å². The Balaban J connectivity index is 2.03. The first-order chi connectivity index (χ1) is 7.93. The van der Waals surface area contributed by atoms with Gasteiger partial charge in [0.25, 0.3) is 0 Å². The van der Waals surface area contributed by atoms with Crippen molar-refractivity contribution in [3.05, 3.63) is 65.2 Å². The molecule has 1 aliphatic carbocycles. The fourth-order valence-electron chi connectivity index (χ4n) is 2.38. The Morgan fingerprint density at radius 2 is 1.81 bits per heavy atom. The fourth-order valence-corrected chi connectivity index (χ4v) is 2.38. The Hall–Kier alpha value is -2.15. The van der Waals surface area contributed by atoms with Crippen LogP contribution in [-0.2, 0) is 0 Å². The lowest BCUT2D eigenvalue weighted by Gasteiger charge is -1.96. The maximum absolute atomic E-state index is 4.68. The molecular weight excluding hydrogens is 194 g/mol. The van der Waals surface area contributed by atoms with Crippen molar-refractivity contribution < 1.29 is 0 Å². The molecule has 1 nitrogen and oxygen atoms in total. The number of allylic oxidation sites excluding steroid dienone is 1. The molecule has 2 aromatic rings. The molecule has 0 fully saturated rings. The summed E-state index contributed by atoms with van der Waals surface area (Å²) >= 11 is 0. The van der Waals surface area contributed by atoms with Gasteiger partial charge in [0.15, 0.2) is 0 Å². The summed E-state index contributed by atoms with van der Waals surface area (Å²) in [6.45, 7) is 0. The average Bonchev–Trinajstić information content (AvgIpc) is 2.85. The number of hydrogen-bond acceptors (Lipinski definition) is 1. The minimum absolute atomic E-state index is 1.08. The highest BCUT2D eigenvalue weighted by molar-refractivity contribution is 6.43. The van der Waals surface area contributed by atoms with E-state index in [1.165, 1.54) is 16.7 Å². The summed E-state index contributed by atoms with van der Waals surface area (Å²) in [6.07, 6.45) is 2.18. The van der Waals surface area contributed by atoms with Gasteiger partial charge in [0, 0.05) is 16.7 Å². The van der Waals surface area contributed by atoms with Crippen LogP contribution in [0.5, 0.6) is 0 Å². The van der Waals surface area contributed by atoms with Gasteiger partial charge in [0.2, 0.25) is 0 Å². The van der Waals surface area contributed by atoms with Crippen molar-refractivity contribution in [1.82, 2.24) is 0 Å². The molecule has 2 aromatic carbocycles. The largest absolute Gasteiger partial charge is 0.247 e. The number of benzene rings is 2. The Morgan fingerprint density at radius 3 is 2.81 bits per heavy atom. The summed E-state index contributed by atoms with van der Waals surface area (Å²) in [4.78, 5) is 4.68. The maximum Gasteiger partial charge on any atom is 0.0795 e. The van der Waals surface area contributed by atoms with E-state index in [0.29, 0.717) is 0 Å². The smallest absolute Gasteiger partial charge is 0.0795 e. The van der Waals surface area contributed by atoms with Gasteiger partial charge in [-0.2, -0.15) is 0 Å². The molecule has 1 heterocycles. The van der Waals surface area contributed by atoms with Crippen LogP contribution in [0.3, 0.4) is 0 Å². The molecule has 1 aliphatic heterocycles. The molecule has 4 rings (SSSR count). The third-order valence-corrected chi connectivity index (χ3v) is 3.11. The predicted octanol–water partition coefficient (Wildman–Crippen LogP) is 3.48. The van der Waals surface area contributed by atoms with E-state index in [0.717, 1.165) is 17.0 Å². The van der Waals surface area contributed by atoms with Crippen molar-refractivity contribution in [1.29, 1.82) is 0 Å². The van der Waals surface area contributed by atoms with Crippen molar-refractivity contribution in [2.75, 3.05) is 0 Å². The van der Waals surface area contributed by atoms with Gasteiger partial charge < -0.3 is 0 Å². The fraction of sp³-hybridized carbons (Fsp3) is 0. The van der Waals surface area contributed by atoms with Crippen LogP contribution in [0.4, 0.5) is 5.69 Å². The SMILES string of the molecule is [c]1cccc2c1C=C1C2=Nc2ccccc21. The van der Waals surface area contributed by atoms with Crippen molar-refractivity contribution in [2.45, 2.75) is 0 Å². The Morgan fingerprint density at radius 1 is 0.938 bits per heavy atom. The summed E-state index contributed by atoms with van der Waals surface area (Å²) in [6, 6.07) is 17.6. The van der Waals surface area contributed by atoms with Crippen LogP contribution in [0.1, 0.15) is 16.7 Å². The molecule has 73 valence electrons. The third-order valence-electron chi connectivity index (χ3n) is 3.11. The van der Waals surface area contributed by atoms with E-state index in [4.69, 9.17) is 0 Å². The number of aliphatic imine (C=N–C) groups is 1. The quantitative estimate of drug-likeness (QED) is 0.620. The lowest BCUT2D eigenvalue weighted by molar-refractivity contribution is 1.52. The Labute approximate surface area is 93.8 Å². The highest BCUT2D eigenvalue weighted by Crippen LogP contribution is 2.42. The summed E-state index contributed by atoms with van der Waals surface area (Å²) < 4.78 is 0. The van der Waals surface area contributed by atoms with Gasteiger partial charge in [0.05, 0.1) is 11.4 Å². The first-order valence-electron chi connectivity index (χ1n) is 5.35. The average molecular weight is 202 g/mol. The third kappa shape index (κ3) is 0.878. The van der Waals surface area contributed by atoms with Crippen LogP contribution < -0.4 is 0 Å². The highest BCUT2D eigenvalue weighted by atomic mass is 14.8. The normalized spacial score (nSPS) is 15.0. The minimum Gasteiger partial charge on any atom is -0.247 e. The molecule has 0 amide bonds. The van der Waals surface area contributed by atoms with Gasteiger partial charge in [-0.15, -0.1) is 0 Å². The number of hydrogen-bond donors (Lipinski definition) is 0. The molecule has 16 heavy (non-hydrogen) atoms. The van der Waals surface area contributed by atoms with Gasteiger partial charge in [-0.25, -0.2) is 4.99 Å². The van der Waals surface area contributed by atoms with Crippen LogP contribution in [-0.4, -0.2) is 5.71 Å². The van der Waals surface area contributed by atoms with Gasteiger partial charge in [-0.1, -0.05) is 36.4 Å². The van der Waals surface area contributed by atoms with E-state index in [9.17, 15) is 0 Å². The highest BCUT2D eigenvalue weighted by Gasteiger charge is 2.27. The number of rotatable bonds is 0. The first-order valence-corrected chi connectivity index (χ1v) is 5.35. The molecule has 0 atom stereocenters. The molecule has 0 saturated heterocycles. The van der Waals surface area contributed by atoms with Crippen molar-refractivity contribution in [3.8, 4) is 0 Å². The van der Waals surface area contributed by atoms with Crippen molar-refractivity contribution >= 4 is 23.0 Å². The van der Waals surface area contributed by atoms with Gasteiger partial charge in [-0.3, -0.25) is 0 Å². The maximum atomic E-state index is 4.68. The molecule has 1 heteroatoms. The van der Waals surface area contributed by atoms with Crippen molar-refractivity contribution in [3.63, 3.8) is 0 Å². The molecular formula is C15H8N. The zero-order chi connectivity index (χ0) is 10.5. The van der Waals surface area contributed by atoms with Crippen LogP contribution in [0, 0.1) is 6.07 Å². The number of nitrogens with zero attached hydrogens (tertiary/aromatic N) is 1. The molecule has 0 bridgehead atoms. The molecule has 2 aliphatic rings. The van der Waals surface area contributed by atoms with E-state index in [1.54, 1.807) is 0 Å². The molecule has 0 unspecified atom stereocenters. The standard InChI is InChI=1S/C15H8N/c1-2-6-11-10(5-1)9-13-12-7-3-4-8-14(12)16-15(11)13/h1-4,6-9H. The Kier molecular flexibility index (Phi) is 1.36. The van der Waals surface area contributed by atoms with E-state index >= 15 is 0 Å². The van der Waals surface area contributed by atoms with E-state index < -0.39 is 0 Å². The van der Waals surface area contributed by atoms with Crippen LogP contribution >= 0.6 is 0 Å². The monoisotopic (exact) mass is 202 g/mol. The molecule has 0 aromatic heterocycles. The summed E-state index contributed by atoms with van der Waals surface area (Å²) in [7, 11) is 0. The van der Waals surface area contributed by atoms with Gasteiger partial charge >= 0.3 is 0 Å². The zero-order valence-electron chi connectivity index (χ0n) is 8.57. The summed E-state index contributed by atoms with van der Waals surface area (Å²) in [5.41, 5.74) is 7.03. The molecule has 0 saturated carbocycles. The molecule has 0 N–H and O–H groups in total. The number of para-hydroxylation sites is 1. The van der Waals surface area contributed by atoms with E-state index in [1.807, 2.05) is 18.2 Å². The zero-order valence-corrected chi connectivity index (χ0v) is 8.57. The second-order valence-corrected chi connectivity index (χ2v) is 4.03. The van der Waals surface area contributed by atoms with E-state index in [2.05, 4.69) is 41.4 Å². The lowest BCUT2D eigenvalue weighted by Crippen LogP contribution is -1.94. The van der Waals surface area contributed by atoms with Gasteiger partial charge in [0.1, 0.15) is 0 Å². The summed E-state index contributed by atoms with van der Waals surface area (Å²) in [5, 5.41) is 0. The number of fused-ring (bicyclic) bond motifs is 5. The summed E-state index contributed by atoms with van der Waals surface area (Å²) in [5.74, 6) is 0. The predicted molar refractivity (Wildman–Crippen MR) is 65.8 cm³/mol. The minimum atomic E-state index is 1.08. The Bertz CT molecular complexity index is 603. The molecule has 1 radical (unpaired) electrons. The topological polar surface area (TPSA) is 12.4 Å². The van der Waals surface area contributed by atoms with Gasteiger partial charge in [-0.05, 0) is 23.8 Å².